The van der Waals surface area contributed by atoms with E-state index in [1.807, 2.05) is 6.07 Å². The van der Waals surface area contributed by atoms with Crippen LogP contribution in [0.25, 0.3) is 0 Å². The summed E-state index contributed by atoms with van der Waals surface area (Å²) < 4.78 is 34.3. The van der Waals surface area contributed by atoms with E-state index in [9.17, 15) is 13.9 Å². The minimum Gasteiger partial charge on any atom is -0.394 e. The normalized spacial score (nSPS) is 28.0. The van der Waals surface area contributed by atoms with Crippen LogP contribution in [0.2, 0.25) is 5.02 Å². The number of hydrogen-bond donors (Lipinski definition) is 2. The standard InChI is InChI=1S/C19H18ClF2NO2/c20-11-7-15-18(16(22)8-11)23-17(10-2-1-3-12(21)6-10)14-5-4-13(9-24)25-19(14)15/h1-3,6-8,13-14,17,19,23-24H,4-5,9H2/t13?,14-,17-,19-/m0/s1. The first-order valence-corrected chi connectivity index (χ1v) is 8.72. The van der Waals surface area contributed by atoms with E-state index in [4.69, 9.17) is 16.3 Å². The Labute approximate surface area is 149 Å². The molecule has 132 valence electrons. The Bertz CT molecular complexity index is 801. The van der Waals surface area contributed by atoms with Crippen LogP contribution in [-0.2, 0) is 4.74 Å². The van der Waals surface area contributed by atoms with Crippen LogP contribution in [0.15, 0.2) is 36.4 Å². The van der Waals surface area contributed by atoms with Gasteiger partial charge in [0.25, 0.3) is 0 Å². The van der Waals surface area contributed by atoms with Gasteiger partial charge >= 0.3 is 0 Å². The third-order valence-corrected chi connectivity index (χ3v) is 5.30. The zero-order valence-electron chi connectivity index (χ0n) is 13.4. The average molecular weight is 366 g/mol. The number of hydrogen-bond acceptors (Lipinski definition) is 3. The summed E-state index contributed by atoms with van der Waals surface area (Å²) >= 11 is 6.04. The fraction of sp³-hybridized carbons (Fsp3) is 0.368. The molecule has 0 aromatic heterocycles. The molecule has 1 fully saturated rings. The minimum absolute atomic E-state index is 0.00466. The quantitative estimate of drug-likeness (QED) is 0.816. The molecule has 4 atom stereocenters. The fourth-order valence-electron chi connectivity index (χ4n) is 3.95. The molecule has 1 unspecified atom stereocenters. The van der Waals surface area contributed by atoms with Gasteiger partial charge in [-0.05, 0) is 42.7 Å². The lowest BCUT2D eigenvalue weighted by Crippen LogP contribution is -2.40. The molecule has 25 heavy (non-hydrogen) atoms. The second kappa shape index (κ2) is 6.56. The van der Waals surface area contributed by atoms with Gasteiger partial charge in [-0.1, -0.05) is 23.7 Å². The maximum atomic E-state index is 14.5. The second-order valence-corrected chi connectivity index (χ2v) is 7.07. The molecule has 3 nitrogen and oxygen atoms in total. The topological polar surface area (TPSA) is 41.5 Å². The largest absolute Gasteiger partial charge is 0.394 e. The van der Waals surface area contributed by atoms with Gasteiger partial charge in [0.2, 0.25) is 0 Å². The number of anilines is 1. The zero-order valence-corrected chi connectivity index (χ0v) is 14.1. The zero-order chi connectivity index (χ0) is 17.6. The molecule has 6 heteroatoms. The molecule has 4 rings (SSSR count). The molecule has 2 N–H and O–H groups in total. The summed E-state index contributed by atoms with van der Waals surface area (Å²) in [7, 11) is 0. The smallest absolute Gasteiger partial charge is 0.148 e. The van der Waals surface area contributed by atoms with Crippen LogP contribution in [0.4, 0.5) is 14.5 Å². The Kier molecular flexibility index (Phi) is 4.40. The van der Waals surface area contributed by atoms with E-state index in [2.05, 4.69) is 5.32 Å². The third kappa shape index (κ3) is 3.01. The number of ether oxygens (including phenoxy) is 1. The Balaban J connectivity index is 1.81. The van der Waals surface area contributed by atoms with Crippen LogP contribution in [0.1, 0.15) is 36.1 Å². The van der Waals surface area contributed by atoms with E-state index < -0.39 is 11.9 Å². The van der Waals surface area contributed by atoms with Crippen molar-refractivity contribution in [2.75, 3.05) is 11.9 Å². The van der Waals surface area contributed by atoms with Crippen molar-refractivity contribution >= 4 is 17.3 Å². The predicted molar refractivity (Wildman–Crippen MR) is 91.6 cm³/mol. The lowest BCUT2D eigenvalue weighted by molar-refractivity contribution is -0.110. The molecule has 0 bridgehead atoms. The Morgan fingerprint density at radius 3 is 2.80 bits per heavy atom. The number of benzene rings is 2. The van der Waals surface area contributed by atoms with Gasteiger partial charge in [-0.15, -0.1) is 0 Å². The van der Waals surface area contributed by atoms with Crippen LogP contribution < -0.4 is 5.32 Å². The molecular weight excluding hydrogens is 348 g/mol. The van der Waals surface area contributed by atoms with E-state index in [0.29, 0.717) is 22.7 Å². The van der Waals surface area contributed by atoms with Gasteiger partial charge in [-0.2, -0.15) is 0 Å². The molecule has 1 saturated heterocycles. The van der Waals surface area contributed by atoms with Gasteiger partial charge in [0.15, 0.2) is 0 Å². The molecule has 2 aliphatic heterocycles. The minimum atomic E-state index is -0.461. The van der Waals surface area contributed by atoms with Crippen LogP contribution in [0.3, 0.4) is 0 Å². The van der Waals surface area contributed by atoms with Crippen molar-refractivity contribution in [3.8, 4) is 0 Å². The first-order chi connectivity index (χ1) is 12.1. The molecule has 2 aromatic carbocycles. The molecular formula is C19H18ClF2NO2. The molecule has 2 aromatic rings. The molecule has 0 amide bonds. The molecule has 2 heterocycles. The highest BCUT2D eigenvalue weighted by molar-refractivity contribution is 6.30. The summed E-state index contributed by atoms with van der Waals surface area (Å²) in [4.78, 5) is 0. The summed E-state index contributed by atoms with van der Waals surface area (Å²) in [5.41, 5.74) is 1.74. The molecule has 0 saturated carbocycles. The van der Waals surface area contributed by atoms with Gasteiger partial charge in [-0.3, -0.25) is 0 Å². The lowest BCUT2D eigenvalue weighted by atomic mass is 9.76. The average Bonchev–Trinajstić information content (AvgIpc) is 2.60. The molecule has 2 aliphatic rings. The van der Waals surface area contributed by atoms with Crippen molar-refractivity contribution in [2.24, 2.45) is 5.92 Å². The summed E-state index contributed by atoms with van der Waals surface area (Å²) in [5.74, 6) is -0.796. The van der Waals surface area contributed by atoms with Gasteiger partial charge < -0.3 is 15.2 Å². The van der Waals surface area contributed by atoms with Gasteiger partial charge in [0.1, 0.15) is 11.6 Å². The fourth-order valence-corrected chi connectivity index (χ4v) is 4.16. The number of rotatable bonds is 2. The van der Waals surface area contributed by atoms with Crippen molar-refractivity contribution in [1.29, 1.82) is 0 Å². The maximum absolute atomic E-state index is 14.5. The van der Waals surface area contributed by atoms with Crippen LogP contribution in [0, 0.1) is 17.6 Å². The number of fused-ring (bicyclic) bond motifs is 3. The molecule has 0 spiro atoms. The summed E-state index contributed by atoms with van der Waals surface area (Å²) in [6, 6.07) is 9.01. The van der Waals surface area contributed by atoms with Crippen molar-refractivity contribution in [3.05, 3.63) is 64.2 Å². The highest BCUT2D eigenvalue weighted by atomic mass is 35.5. The number of halogens is 3. The van der Waals surface area contributed by atoms with Crippen molar-refractivity contribution in [2.45, 2.75) is 31.1 Å². The third-order valence-electron chi connectivity index (χ3n) is 5.08. The monoisotopic (exact) mass is 365 g/mol. The van der Waals surface area contributed by atoms with E-state index in [0.717, 1.165) is 12.0 Å². The van der Waals surface area contributed by atoms with Crippen LogP contribution >= 0.6 is 11.6 Å². The van der Waals surface area contributed by atoms with Gasteiger partial charge in [-0.25, -0.2) is 8.78 Å². The predicted octanol–water partition coefficient (Wildman–Crippen LogP) is 4.61. The van der Waals surface area contributed by atoms with Gasteiger partial charge in [0, 0.05) is 16.5 Å². The van der Waals surface area contributed by atoms with Crippen LogP contribution in [0.5, 0.6) is 0 Å². The number of nitrogens with one attached hydrogen (secondary N) is 1. The van der Waals surface area contributed by atoms with Crippen molar-refractivity contribution in [3.63, 3.8) is 0 Å². The van der Waals surface area contributed by atoms with E-state index >= 15 is 0 Å². The number of aliphatic hydroxyl groups is 1. The van der Waals surface area contributed by atoms with E-state index in [1.54, 1.807) is 12.1 Å². The SMILES string of the molecule is OCC1CC[C@@H]2[C@H](O1)c1cc(Cl)cc(F)c1N[C@H]2c1cccc(F)c1. The van der Waals surface area contributed by atoms with E-state index in [1.165, 1.54) is 18.2 Å². The Hall–Kier alpha value is -1.69. The highest BCUT2D eigenvalue weighted by Gasteiger charge is 2.43. The van der Waals surface area contributed by atoms with Crippen molar-refractivity contribution in [1.82, 2.24) is 0 Å². The summed E-state index contributed by atoms with van der Waals surface area (Å²) in [5, 5.41) is 13.0. The number of aliphatic hydroxyl groups excluding tert-OH is 1. The summed E-state index contributed by atoms with van der Waals surface area (Å²) in [6.07, 6.45) is 0.785. The van der Waals surface area contributed by atoms with Gasteiger partial charge in [0.05, 0.1) is 30.5 Å². The Morgan fingerprint density at radius 2 is 2.04 bits per heavy atom. The maximum Gasteiger partial charge on any atom is 0.148 e. The molecule has 0 radical (unpaired) electrons. The molecule has 0 aliphatic carbocycles. The second-order valence-electron chi connectivity index (χ2n) is 6.63. The van der Waals surface area contributed by atoms with Crippen LogP contribution in [-0.4, -0.2) is 17.8 Å². The first-order valence-electron chi connectivity index (χ1n) is 8.34. The summed E-state index contributed by atoms with van der Waals surface area (Å²) in [6.45, 7) is -0.0837. The van der Waals surface area contributed by atoms with Crippen molar-refractivity contribution < 1.29 is 18.6 Å². The van der Waals surface area contributed by atoms with E-state index in [-0.39, 0.29) is 30.5 Å². The Morgan fingerprint density at radius 1 is 1.20 bits per heavy atom. The first kappa shape index (κ1) is 16.8. The lowest BCUT2D eigenvalue weighted by Gasteiger charge is -2.45. The highest BCUT2D eigenvalue weighted by Crippen LogP contribution is 2.51.